The van der Waals surface area contributed by atoms with Crippen LogP contribution in [0.5, 0.6) is 0 Å². The number of carboxylic acid groups (broad SMARTS) is 1. The van der Waals surface area contributed by atoms with Crippen molar-refractivity contribution < 1.29 is 9.90 Å². The van der Waals surface area contributed by atoms with Crippen LogP contribution in [0.3, 0.4) is 0 Å². The van der Waals surface area contributed by atoms with Gasteiger partial charge < -0.3 is 5.11 Å². The molecule has 0 unspecified atom stereocenters. The Kier molecular flexibility index (Phi) is 5.97. The molecule has 6 rings (SSSR count). The van der Waals surface area contributed by atoms with E-state index in [-0.39, 0.29) is 6.42 Å². The summed E-state index contributed by atoms with van der Waals surface area (Å²) >= 11 is 7.70. The third-order valence-corrected chi connectivity index (χ3v) is 8.25. The molecule has 3 aromatic carbocycles. The number of hydrogen-bond donors (Lipinski definition) is 1. The van der Waals surface area contributed by atoms with Crippen LogP contribution in [0.2, 0.25) is 5.02 Å². The van der Waals surface area contributed by atoms with Gasteiger partial charge in [-0.05, 0) is 72.5 Å². The van der Waals surface area contributed by atoms with Gasteiger partial charge in [-0.15, -0.1) is 11.3 Å². The van der Waals surface area contributed by atoms with Gasteiger partial charge in [0.2, 0.25) is 0 Å². The van der Waals surface area contributed by atoms with Crippen molar-refractivity contribution in [2.75, 3.05) is 0 Å². The van der Waals surface area contributed by atoms with Crippen LogP contribution in [0.25, 0.3) is 53.9 Å². The Labute approximate surface area is 228 Å². The summed E-state index contributed by atoms with van der Waals surface area (Å²) in [4.78, 5) is 21.4. The molecular weight excluding hydrogens is 516 g/mol. The lowest BCUT2D eigenvalue weighted by Crippen LogP contribution is -2.04. The maximum Gasteiger partial charge on any atom is 0.307 e. The highest BCUT2D eigenvalue weighted by Gasteiger charge is 2.20. The number of carbonyl (C=O) groups is 1. The van der Waals surface area contributed by atoms with Gasteiger partial charge in [-0.2, -0.15) is 5.10 Å². The molecule has 0 amide bonds. The van der Waals surface area contributed by atoms with Gasteiger partial charge in [0.05, 0.1) is 28.4 Å². The number of fused-ring (bicyclic) bond motifs is 2. The number of hydrogen-bond acceptors (Lipinski definition) is 5. The highest BCUT2D eigenvalue weighted by atomic mass is 35.5. The van der Waals surface area contributed by atoms with Crippen molar-refractivity contribution in [3.8, 4) is 32.8 Å². The van der Waals surface area contributed by atoms with Gasteiger partial charge in [-0.1, -0.05) is 29.8 Å². The molecule has 3 aromatic heterocycles. The minimum absolute atomic E-state index is 0.0694. The van der Waals surface area contributed by atoms with E-state index in [1.165, 1.54) is 0 Å². The van der Waals surface area contributed by atoms with Crippen LogP contribution >= 0.6 is 22.9 Å². The molecule has 3 heterocycles. The van der Waals surface area contributed by atoms with Crippen LogP contribution in [0.4, 0.5) is 0 Å². The first kappa shape index (κ1) is 24.3. The first-order valence-electron chi connectivity index (χ1n) is 12.1. The molecule has 0 fully saturated rings. The van der Waals surface area contributed by atoms with Gasteiger partial charge in [0.15, 0.2) is 0 Å². The highest BCUT2D eigenvalue weighted by molar-refractivity contribution is 7.22. The topological polar surface area (TPSA) is 80.9 Å². The van der Waals surface area contributed by atoms with Crippen molar-refractivity contribution >= 4 is 50.0 Å². The fourth-order valence-electron chi connectivity index (χ4n) is 4.93. The Morgan fingerprint density at radius 2 is 1.76 bits per heavy atom. The van der Waals surface area contributed by atoms with Crippen molar-refractivity contribution in [3.63, 3.8) is 0 Å². The maximum atomic E-state index is 11.8. The van der Waals surface area contributed by atoms with E-state index in [1.54, 1.807) is 11.3 Å². The molecule has 8 heteroatoms. The van der Waals surface area contributed by atoms with Crippen molar-refractivity contribution in [1.82, 2.24) is 19.7 Å². The summed E-state index contributed by atoms with van der Waals surface area (Å²) < 4.78 is 2.81. The number of aromatic nitrogens is 4. The number of rotatable bonds is 5. The number of nitrogens with zero attached hydrogens (tertiary/aromatic N) is 4. The molecule has 38 heavy (non-hydrogen) atoms. The minimum Gasteiger partial charge on any atom is -0.481 e. The molecular formula is C30H23ClN4O2S. The van der Waals surface area contributed by atoms with Crippen LogP contribution in [0, 0.1) is 13.8 Å². The fraction of sp³-hybridized carbons (Fsp3) is 0.133. The van der Waals surface area contributed by atoms with Gasteiger partial charge in [0, 0.05) is 46.0 Å². The van der Waals surface area contributed by atoms with Crippen LogP contribution in [0.1, 0.15) is 16.8 Å². The van der Waals surface area contributed by atoms with E-state index in [2.05, 4.69) is 29.4 Å². The van der Waals surface area contributed by atoms with E-state index in [4.69, 9.17) is 21.6 Å². The van der Waals surface area contributed by atoms with Gasteiger partial charge in [0.25, 0.3) is 0 Å². The summed E-state index contributed by atoms with van der Waals surface area (Å²) in [6.45, 7) is 3.95. The molecule has 0 aliphatic heterocycles. The number of aryl methyl sites for hydroxylation is 3. The zero-order chi connectivity index (χ0) is 26.6. The molecule has 0 aliphatic carbocycles. The lowest BCUT2D eigenvalue weighted by atomic mass is 9.93. The lowest BCUT2D eigenvalue weighted by molar-refractivity contribution is -0.136. The molecule has 6 nitrogen and oxygen atoms in total. The average molecular weight is 539 g/mol. The van der Waals surface area contributed by atoms with Crippen LogP contribution in [-0.4, -0.2) is 30.8 Å². The largest absolute Gasteiger partial charge is 0.481 e. The van der Waals surface area contributed by atoms with Gasteiger partial charge in [0.1, 0.15) is 5.01 Å². The first-order valence-corrected chi connectivity index (χ1v) is 13.3. The quantitative estimate of drug-likeness (QED) is 0.246. The SMILES string of the molecule is Cc1cc2nc(-c3cnc(C)c(-c4ccc5c(cnn5C)c4)c3)sc2c(-c2ccc(Cl)cc2)c1CC(=O)O. The summed E-state index contributed by atoms with van der Waals surface area (Å²) in [6, 6.07) is 17.9. The second kappa shape index (κ2) is 9.35. The molecule has 0 bridgehead atoms. The second-order valence-corrected chi connectivity index (χ2v) is 10.8. The molecule has 0 atom stereocenters. The van der Waals surface area contributed by atoms with Gasteiger partial charge in [-0.25, -0.2) is 4.98 Å². The summed E-state index contributed by atoms with van der Waals surface area (Å²) in [7, 11) is 1.93. The number of carboxylic acids is 1. The molecule has 0 saturated carbocycles. The van der Waals surface area contributed by atoms with Gasteiger partial charge in [-0.3, -0.25) is 14.5 Å². The number of benzene rings is 3. The van der Waals surface area contributed by atoms with E-state index in [9.17, 15) is 9.90 Å². The summed E-state index contributed by atoms with van der Waals surface area (Å²) in [6.07, 6.45) is 3.65. The minimum atomic E-state index is -0.870. The Morgan fingerprint density at radius 3 is 2.53 bits per heavy atom. The molecule has 6 aromatic rings. The van der Waals surface area contributed by atoms with E-state index in [0.29, 0.717) is 5.02 Å². The predicted octanol–water partition coefficient (Wildman–Crippen LogP) is 7.48. The van der Waals surface area contributed by atoms with Crippen molar-refractivity contribution in [1.29, 1.82) is 0 Å². The summed E-state index contributed by atoms with van der Waals surface area (Å²) in [5.41, 5.74) is 9.35. The van der Waals surface area contributed by atoms with Crippen molar-refractivity contribution in [3.05, 3.63) is 88.8 Å². The van der Waals surface area contributed by atoms with Crippen LogP contribution in [-0.2, 0) is 18.3 Å². The Balaban J connectivity index is 1.52. The molecule has 0 spiro atoms. The summed E-state index contributed by atoms with van der Waals surface area (Å²) in [5.74, 6) is -0.870. The fourth-order valence-corrected chi connectivity index (χ4v) is 6.18. The Hall–Kier alpha value is -4.07. The van der Waals surface area contributed by atoms with E-state index >= 15 is 0 Å². The first-order chi connectivity index (χ1) is 18.3. The molecule has 188 valence electrons. The monoisotopic (exact) mass is 538 g/mol. The maximum absolute atomic E-state index is 11.8. The third kappa shape index (κ3) is 4.23. The average Bonchev–Trinajstić information content (AvgIpc) is 3.48. The van der Waals surface area contributed by atoms with E-state index in [1.807, 2.05) is 68.3 Å². The third-order valence-electron chi connectivity index (χ3n) is 6.86. The van der Waals surface area contributed by atoms with Gasteiger partial charge >= 0.3 is 5.97 Å². The smallest absolute Gasteiger partial charge is 0.307 e. The standard InChI is InChI=1S/C30H23ClN4O2S/c1-16-10-25-29(28(23(16)13-27(36)37)18-4-7-22(31)8-5-18)38-30(34-25)21-12-24(17(2)32-14-21)19-6-9-26-20(11-19)15-33-35(26)3/h4-12,14-15H,13H2,1-3H3,(H,36,37). The predicted molar refractivity (Wildman–Crippen MR) is 154 cm³/mol. The van der Waals surface area contributed by atoms with Crippen LogP contribution < -0.4 is 0 Å². The Bertz CT molecular complexity index is 1870. The second-order valence-electron chi connectivity index (χ2n) is 9.39. The normalized spacial score (nSPS) is 11.5. The van der Waals surface area contributed by atoms with E-state index < -0.39 is 5.97 Å². The number of thiazole rings is 1. The number of halogens is 1. The Morgan fingerprint density at radius 1 is 1.00 bits per heavy atom. The number of aliphatic carboxylic acids is 1. The van der Waals surface area contributed by atoms with E-state index in [0.717, 1.165) is 70.8 Å². The summed E-state index contributed by atoms with van der Waals surface area (Å²) in [5, 5.41) is 16.5. The number of pyridine rings is 1. The highest BCUT2D eigenvalue weighted by Crippen LogP contribution is 2.41. The van der Waals surface area contributed by atoms with Crippen molar-refractivity contribution in [2.24, 2.45) is 7.05 Å². The molecule has 0 aliphatic rings. The van der Waals surface area contributed by atoms with Crippen molar-refractivity contribution in [2.45, 2.75) is 20.3 Å². The molecule has 1 N–H and O–H groups in total. The molecule has 0 saturated heterocycles. The van der Waals surface area contributed by atoms with Crippen LogP contribution in [0.15, 0.2) is 67.0 Å². The zero-order valence-electron chi connectivity index (χ0n) is 21.0. The lowest BCUT2D eigenvalue weighted by Gasteiger charge is -2.13. The molecule has 0 radical (unpaired) electrons. The zero-order valence-corrected chi connectivity index (χ0v) is 22.6.